The van der Waals surface area contributed by atoms with E-state index in [0.29, 0.717) is 5.25 Å². The molecule has 3 nitrogen and oxygen atoms in total. The molecule has 2 atom stereocenters. The quantitative estimate of drug-likeness (QED) is 0.690. The maximum Gasteiger partial charge on any atom is 0.159 e. The number of hydrogen-bond acceptors (Lipinski definition) is 4. The summed E-state index contributed by atoms with van der Waals surface area (Å²) >= 11 is 5.53. The molecule has 0 radical (unpaired) electrons. The SMILES string of the molecule is BrCC1CN=C(N2CCN3CCCCC3C2)S1. The minimum absolute atomic E-state index is 0.661. The van der Waals surface area contributed by atoms with Gasteiger partial charge in [0.05, 0.1) is 6.54 Å². The van der Waals surface area contributed by atoms with Crippen molar-refractivity contribution in [3.63, 3.8) is 0 Å². The highest BCUT2D eigenvalue weighted by atomic mass is 79.9. The zero-order chi connectivity index (χ0) is 11.7. The number of piperidine rings is 1. The highest BCUT2D eigenvalue weighted by Crippen LogP contribution is 2.28. The van der Waals surface area contributed by atoms with Crippen molar-refractivity contribution < 1.29 is 0 Å². The lowest BCUT2D eigenvalue weighted by Crippen LogP contribution is -2.55. The van der Waals surface area contributed by atoms with Gasteiger partial charge in [-0.25, -0.2) is 0 Å². The maximum absolute atomic E-state index is 4.71. The summed E-state index contributed by atoms with van der Waals surface area (Å²) in [4.78, 5) is 9.92. The van der Waals surface area contributed by atoms with Crippen LogP contribution in [0.4, 0.5) is 0 Å². The Morgan fingerprint density at radius 3 is 3.06 bits per heavy atom. The van der Waals surface area contributed by atoms with Gasteiger partial charge in [-0.3, -0.25) is 9.89 Å². The van der Waals surface area contributed by atoms with Gasteiger partial charge in [0.1, 0.15) is 0 Å². The lowest BCUT2D eigenvalue weighted by atomic mass is 10.00. The van der Waals surface area contributed by atoms with Crippen molar-refractivity contribution in [3.05, 3.63) is 0 Å². The lowest BCUT2D eigenvalue weighted by Gasteiger charge is -2.44. The molecule has 0 aliphatic carbocycles. The molecule has 0 N–H and O–H groups in total. The summed E-state index contributed by atoms with van der Waals surface area (Å²) in [6.07, 6.45) is 4.20. The van der Waals surface area contributed by atoms with Crippen molar-refractivity contribution in [1.29, 1.82) is 0 Å². The van der Waals surface area contributed by atoms with Crippen molar-refractivity contribution in [3.8, 4) is 0 Å². The summed E-state index contributed by atoms with van der Waals surface area (Å²) in [6.45, 7) is 5.94. The molecule has 2 saturated heterocycles. The summed E-state index contributed by atoms with van der Waals surface area (Å²) < 4.78 is 0. The van der Waals surface area contributed by atoms with Crippen LogP contribution in [0.5, 0.6) is 0 Å². The Kier molecular flexibility index (Phi) is 3.97. The van der Waals surface area contributed by atoms with Gasteiger partial charge in [0.25, 0.3) is 0 Å². The molecule has 3 aliphatic rings. The lowest BCUT2D eigenvalue weighted by molar-refractivity contribution is 0.0815. The van der Waals surface area contributed by atoms with Crippen molar-refractivity contribution in [2.45, 2.75) is 30.6 Å². The number of thioether (sulfide) groups is 1. The van der Waals surface area contributed by atoms with Gasteiger partial charge in [-0.2, -0.15) is 0 Å². The van der Waals surface area contributed by atoms with Gasteiger partial charge >= 0.3 is 0 Å². The second-order valence-corrected chi connectivity index (χ2v) is 7.06. The standard InChI is InChI=1S/C12H20BrN3S/c13-7-11-8-14-12(17-11)16-6-5-15-4-2-1-3-10(15)9-16/h10-11H,1-9H2. The van der Waals surface area contributed by atoms with E-state index in [0.717, 1.165) is 17.9 Å². The zero-order valence-electron chi connectivity index (χ0n) is 10.1. The summed E-state index contributed by atoms with van der Waals surface area (Å²) in [5.41, 5.74) is 0. The van der Waals surface area contributed by atoms with Crippen LogP contribution in [0, 0.1) is 0 Å². The average molecular weight is 318 g/mol. The molecular formula is C12H20BrN3S. The van der Waals surface area contributed by atoms with E-state index in [2.05, 4.69) is 25.7 Å². The molecule has 3 rings (SSSR count). The van der Waals surface area contributed by atoms with E-state index in [1.807, 2.05) is 11.8 Å². The Morgan fingerprint density at radius 1 is 1.29 bits per heavy atom. The second-order valence-electron chi connectivity index (χ2n) is 5.15. The van der Waals surface area contributed by atoms with Gasteiger partial charge < -0.3 is 4.90 Å². The van der Waals surface area contributed by atoms with Gasteiger partial charge in [0.15, 0.2) is 5.17 Å². The Bertz CT molecular complexity index is 310. The second kappa shape index (κ2) is 5.49. The van der Waals surface area contributed by atoms with Gasteiger partial charge in [-0.15, -0.1) is 0 Å². The molecule has 0 spiro atoms. The number of piperazine rings is 1. The number of alkyl halides is 1. The van der Waals surface area contributed by atoms with E-state index < -0.39 is 0 Å². The van der Waals surface area contributed by atoms with Gasteiger partial charge in [-0.1, -0.05) is 34.1 Å². The van der Waals surface area contributed by atoms with E-state index in [4.69, 9.17) is 4.99 Å². The number of amidine groups is 1. The van der Waals surface area contributed by atoms with Crippen LogP contribution < -0.4 is 0 Å². The minimum atomic E-state index is 0.661. The monoisotopic (exact) mass is 317 g/mol. The molecule has 17 heavy (non-hydrogen) atoms. The normalized spacial score (nSPS) is 34.6. The van der Waals surface area contributed by atoms with E-state index in [1.165, 1.54) is 50.6 Å². The molecule has 0 aromatic rings. The molecular weight excluding hydrogens is 298 g/mol. The summed E-state index contributed by atoms with van der Waals surface area (Å²) in [5, 5.41) is 3.03. The fraction of sp³-hybridized carbons (Fsp3) is 0.917. The molecule has 2 unspecified atom stereocenters. The van der Waals surface area contributed by atoms with Crippen LogP contribution in [0.15, 0.2) is 4.99 Å². The summed E-state index contributed by atoms with van der Waals surface area (Å²) in [6, 6.07) is 0.795. The van der Waals surface area contributed by atoms with Crippen molar-refractivity contribution in [1.82, 2.24) is 9.80 Å². The maximum atomic E-state index is 4.71. The molecule has 2 fully saturated rings. The topological polar surface area (TPSA) is 18.8 Å². The number of rotatable bonds is 1. The van der Waals surface area contributed by atoms with Gasteiger partial charge in [0, 0.05) is 36.3 Å². The number of nitrogens with zero attached hydrogens (tertiary/aromatic N) is 3. The average Bonchev–Trinajstić information content (AvgIpc) is 2.87. The zero-order valence-corrected chi connectivity index (χ0v) is 12.5. The van der Waals surface area contributed by atoms with Gasteiger partial charge in [0.2, 0.25) is 0 Å². The third kappa shape index (κ3) is 2.66. The Balaban J connectivity index is 1.59. The van der Waals surface area contributed by atoms with Gasteiger partial charge in [-0.05, 0) is 19.4 Å². The fourth-order valence-electron chi connectivity index (χ4n) is 2.99. The van der Waals surface area contributed by atoms with Crippen LogP contribution in [-0.4, -0.2) is 64.3 Å². The first-order valence-corrected chi connectivity index (χ1v) is 8.63. The molecule has 0 saturated carbocycles. The largest absolute Gasteiger partial charge is 0.349 e. The van der Waals surface area contributed by atoms with Crippen LogP contribution in [0.3, 0.4) is 0 Å². The molecule has 0 amide bonds. The molecule has 0 aromatic carbocycles. The number of fused-ring (bicyclic) bond motifs is 1. The first-order valence-electron chi connectivity index (χ1n) is 6.63. The highest BCUT2D eigenvalue weighted by molar-refractivity contribution is 9.09. The van der Waals surface area contributed by atoms with Crippen LogP contribution in [0.2, 0.25) is 0 Å². The van der Waals surface area contributed by atoms with Crippen molar-refractivity contribution in [2.24, 2.45) is 4.99 Å². The van der Waals surface area contributed by atoms with E-state index >= 15 is 0 Å². The number of halogens is 1. The Morgan fingerprint density at radius 2 is 2.24 bits per heavy atom. The van der Waals surface area contributed by atoms with Crippen LogP contribution in [0.1, 0.15) is 19.3 Å². The first kappa shape index (κ1) is 12.3. The third-order valence-corrected chi connectivity index (χ3v) is 6.44. The first-order chi connectivity index (χ1) is 8.36. The summed E-state index contributed by atoms with van der Waals surface area (Å²) in [7, 11) is 0. The van der Waals surface area contributed by atoms with Crippen molar-refractivity contribution in [2.75, 3.05) is 38.1 Å². The predicted octanol–water partition coefficient (Wildman–Crippen LogP) is 2.02. The predicted molar refractivity (Wildman–Crippen MR) is 78.3 cm³/mol. The van der Waals surface area contributed by atoms with E-state index in [-0.39, 0.29) is 0 Å². The minimum Gasteiger partial charge on any atom is -0.349 e. The third-order valence-electron chi connectivity index (χ3n) is 3.98. The Hall–Kier alpha value is 0.260. The highest BCUT2D eigenvalue weighted by Gasteiger charge is 2.32. The fourth-order valence-corrected chi connectivity index (χ4v) is 4.56. The van der Waals surface area contributed by atoms with E-state index in [1.54, 1.807) is 0 Å². The molecule has 5 heteroatoms. The Labute approximate surface area is 116 Å². The summed E-state index contributed by atoms with van der Waals surface area (Å²) in [5.74, 6) is 0. The van der Waals surface area contributed by atoms with E-state index in [9.17, 15) is 0 Å². The molecule has 0 aromatic heterocycles. The molecule has 3 aliphatic heterocycles. The van der Waals surface area contributed by atoms with Crippen LogP contribution in [-0.2, 0) is 0 Å². The molecule has 3 heterocycles. The van der Waals surface area contributed by atoms with Crippen molar-refractivity contribution >= 4 is 32.9 Å². The number of aliphatic imine (C=N–C) groups is 1. The molecule has 0 bridgehead atoms. The molecule has 96 valence electrons. The van der Waals surface area contributed by atoms with Crippen LogP contribution >= 0.6 is 27.7 Å². The smallest absolute Gasteiger partial charge is 0.159 e. The number of hydrogen-bond donors (Lipinski definition) is 0. The van der Waals surface area contributed by atoms with Crippen LogP contribution in [0.25, 0.3) is 0 Å².